The van der Waals surface area contributed by atoms with Gasteiger partial charge in [-0.3, -0.25) is 4.79 Å². The molecule has 0 saturated carbocycles. The molecule has 2 rings (SSSR count). The number of nitrogens with zero attached hydrogens (tertiary/aromatic N) is 2. The zero-order chi connectivity index (χ0) is 19.7. The highest BCUT2D eigenvalue weighted by atomic mass is 19.4. The number of ether oxygens (including phenoxy) is 1. The molecule has 0 spiro atoms. The van der Waals surface area contributed by atoms with Crippen LogP contribution in [-0.4, -0.2) is 23.2 Å². The van der Waals surface area contributed by atoms with Crippen LogP contribution in [0, 0.1) is 0 Å². The summed E-state index contributed by atoms with van der Waals surface area (Å²) in [4.78, 5) is 15.3. The number of para-hydroxylation sites is 2. The second-order valence-electron chi connectivity index (χ2n) is 6.03. The van der Waals surface area contributed by atoms with Crippen LogP contribution in [0.2, 0.25) is 0 Å². The van der Waals surface area contributed by atoms with Gasteiger partial charge in [-0.2, -0.15) is 18.2 Å². The molecule has 1 aromatic carbocycles. The highest BCUT2D eigenvalue weighted by molar-refractivity contribution is 5.92. The Morgan fingerprint density at radius 1 is 1.15 bits per heavy atom. The molecule has 0 bridgehead atoms. The summed E-state index contributed by atoms with van der Waals surface area (Å²) >= 11 is 0. The number of benzene rings is 1. The summed E-state index contributed by atoms with van der Waals surface area (Å²) in [5.41, 5.74) is 0.642. The van der Waals surface area contributed by atoms with E-state index in [4.69, 9.17) is 4.74 Å². The van der Waals surface area contributed by atoms with Gasteiger partial charge in [0.25, 0.3) is 0 Å². The summed E-state index contributed by atoms with van der Waals surface area (Å²) < 4.78 is 46.4. The Kier molecular flexibility index (Phi) is 7.63. The van der Waals surface area contributed by atoms with Gasteiger partial charge in [-0.25, -0.2) is 0 Å². The van der Waals surface area contributed by atoms with Crippen LogP contribution in [0.5, 0.6) is 5.75 Å². The van der Waals surface area contributed by atoms with Crippen molar-refractivity contribution in [2.45, 2.75) is 51.1 Å². The lowest BCUT2D eigenvalue weighted by molar-refractivity contribution is -0.159. The normalized spacial score (nSPS) is 11.4. The highest BCUT2D eigenvalue weighted by Crippen LogP contribution is 2.27. The number of amides is 1. The number of halogens is 3. The second-order valence-corrected chi connectivity index (χ2v) is 6.03. The topological polar surface area (TPSA) is 77.2 Å². The number of anilines is 1. The van der Waals surface area contributed by atoms with E-state index in [1.807, 2.05) is 12.1 Å². The Balaban J connectivity index is 1.57. The predicted octanol–water partition coefficient (Wildman–Crippen LogP) is 4.62. The van der Waals surface area contributed by atoms with E-state index in [2.05, 4.69) is 20.0 Å². The fraction of sp³-hybridized carbons (Fsp3) is 0.500. The molecular formula is C18H22F3N3O3. The number of methoxy groups -OCH3 is 1. The van der Waals surface area contributed by atoms with Gasteiger partial charge >= 0.3 is 12.1 Å². The number of aryl methyl sites for hydroxylation is 1. The largest absolute Gasteiger partial charge is 0.495 e. The summed E-state index contributed by atoms with van der Waals surface area (Å²) in [5.74, 6) is -0.705. The van der Waals surface area contributed by atoms with Crippen molar-refractivity contribution < 1.29 is 27.2 Å². The highest BCUT2D eigenvalue weighted by Gasteiger charge is 2.38. The van der Waals surface area contributed by atoms with E-state index in [-0.39, 0.29) is 11.7 Å². The number of hydrogen-bond acceptors (Lipinski definition) is 5. The van der Waals surface area contributed by atoms with E-state index in [0.717, 1.165) is 25.7 Å². The SMILES string of the molecule is COc1ccccc1NC(=O)CCCCCCCc1noc(C(F)(F)F)n1. The predicted molar refractivity (Wildman–Crippen MR) is 92.3 cm³/mol. The molecule has 27 heavy (non-hydrogen) atoms. The van der Waals surface area contributed by atoms with Crippen molar-refractivity contribution >= 4 is 11.6 Å². The number of nitrogens with one attached hydrogen (secondary N) is 1. The van der Waals surface area contributed by atoms with Crippen molar-refractivity contribution in [1.82, 2.24) is 10.1 Å². The summed E-state index contributed by atoms with van der Waals surface area (Å²) in [6.07, 6.45) is 0.113. The Bertz CT molecular complexity index is 732. The van der Waals surface area contributed by atoms with E-state index in [1.54, 1.807) is 19.2 Å². The number of rotatable bonds is 10. The molecule has 6 nitrogen and oxygen atoms in total. The second kappa shape index (κ2) is 9.94. The van der Waals surface area contributed by atoms with E-state index in [9.17, 15) is 18.0 Å². The molecule has 2 aromatic rings. The van der Waals surface area contributed by atoms with Gasteiger partial charge in [-0.15, -0.1) is 0 Å². The van der Waals surface area contributed by atoms with Gasteiger partial charge in [0.1, 0.15) is 5.75 Å². The quantitative estimate of drug-likeness (QED) is 0.604. The molecule has 0 saturated heterocycles. The minimum atomic E-state index is -4.60. The Hall–Kier alpha value is -2.58. The molecule has 0 radical (unpaired) electrons. The van der Waals surface area contributed by atoms with E-state index in [1.165, 1.54) is 0 Å². The molecule has 0 aliphatic rings. The molecule has 0 unspecified atom stereocenters. The smallest absolute Gasteiger partial charge is 0.471 e. The molecule has 0 aliphatic carbocycles. The summed E-state index contributed by atoms with van der Waals surface area (Å²) in [6.45, 7) is 0. The van der Waals surface area contributed by atoms with E-state index >= 15 is 0 Å². The minimum Gasteiger partial charge on any atom is -0.495 e. The first-order chi connectivity index (χ1) is 12.9. The number of aromatic nitrogens is 2. The van der Waals surface area contributed by atoms with Crippen LogP contribution in [0.3, 0.4) is 0 Å². The summed E-state index contributed by atoms with van der Waals surface area (Å²) in [6, 6.07) is 7.20. The van der Waals surface area contributed by atoms with Crippen molar-refractivity contribution in [3.63, 3.8) is 0 Å². The van der Waals surface area contributed by atoms with Crippen molar-refractivity contribution in [3.05, 3.63) is 36.0 Å². The van der Waals surface area contributed by atoms with Gasteiger partial charge in [0.15, 0.2) is 5.82 Å². The monoisotopic (exact) mass is 385 g/mol. The molecule has 1 heterocycles. The fourth-order valence-corrected chi connectivity index (χ4v) is 2.53. The van der Waals surface area contributed by atoms with E-state index in [0.29, 0.717) is 30.7 Å². The van der Waals surface area contributed by atoms with Crippen molar-refractivity contribution in [2.24, 2.45) is 0 Å². The maximum absolute atomic E-state index is 12.3. The lowest BCUT2D eigenvalue weighted by Crippen LogP contribution is -2.11. The number of unbranched alkanes of at least 4 members (excludes halogenated alkanes) is 4. The standard InChI is InChI=1S/C18H22F3N3O3/c1-26-14-10-8-7-9-13(14)22-16(25)12-6-4-2-3-5-11-15-23-17(27-24-15)18(19,20)21/h7-10H,2-6,11-12H2,1H3,(H,22,25). The molecule has 148 valence electrons. The van der Waals surface area contributed by atoms with Crippen molar-refractivity contribution in [2.75, 3.05) is 12.4 Å². The van der Waals surface area contributed by atoms with Gasteiger partial charge in [0.05, 0.1) is 12.8 Å². The van der Waals surface area contributed by atoms with Crippen LogP contribution in [0.1, 0.15) is 50.2 Å². The van der Waals surface area contributed by atoms with Gasteiger partial charge in [0.2, 0.25) is 5.91 Å². The number of hydrogen-bond donors (Lipinski definition) is 1. The maximum atomic E-state index is 12.3. The molecule has 1 N–H and O–H groups in total. The number of carbonyl (C=O) groups is 1. The average Bonchev–Trinajstić information content (AvgIpc) is 3.10. The molecule has 1 amide bonds. The van der Waals surface area contributed by atoms with Crippen molar-refractivity contribution in [1.29, 1.82) is 0 Å². The summed E-state index contributed by atoms with van der Waals surface area (Å²) in [5, 5.41) is 6.14. The van der Waals surface area contributed by atoms with Crippen molar-refractivity contribution in [3.8, 4) is 5.75 Å². The van der Waals surface area contributed by atoms with Gasteiger partial charge in [0, 0.05) is 12.8 Å². The Morgan fingerprint density at radius 2 is 1.85 bits per heavy atom. The third-order valence-electron chi connectivity index (χ3n) is 3.90. The molecule has 0 aliphatic heterocycles. The van der Waals surface area contributed by atoms with Gasteiger partial charge in [-0.05, 0) is 25.0 Å². The van der Waals surface area contributed by atoms with Crippen LogP contribution in [0.15, 0.2) is 28.8 Å². The number of alkyl halides is 3. The van der Waals surface area contributed by atoms with Crippen LogP contribution in [0.4, 0.5) is 18.9 Å². The van der Waals surface area contributed by atoms with E-state index < -0.39 is 12.1 Å². The maximum Gasteiger partial charge on any atom is 0.471 e. The van der Waals surface area contributed by atoms with Crippen LogP contribution < -0.4 is 10.1 Å². The molecule has 0 fully saturated rings. The fourth-order valence-electron chi connectivity index (χ4n) is 2.53. The molecule has 1 aromatic heterocycles. The van der Waals surface area contributed by atoms with Gasteiger partial charge < -0.3 is 14.6 Å². The first-order valence-corrected chi connectivity index (χ1v) is 8.73. The minimum absolute atomic E-state index is 0.0681. The average molecular weight is 385 g/mol. The van der Waals surface area contributed by atoms with Crippen LogP contribution in [-0.2, 0) is 17.4 Å². The van der Waals surface area contributed by atoms with Crippen LogP contribution >= 0.6 is 0 Å². The molecular weight excluding hydrogens is 363 g/mol. The zero-order valence-corrected chi connectivity index (χ0v) is 15.0. The summed E-state index contributed by atoms with van der Waals surface area (Å²) in [7, 11) is 1.55. The first kappa shape index (κ1) is 20.7. The third kappa shape index (κ3) is 6.92. The molecule has 9 heteroatoms. The lowest BCUT2D eigenvalue weighted by atomic mass is 10.1. The Morgan fingerprint density at radius 3 is 2.56 bits per heavy atom. The Labute approximate surface area is 155 Å². The first-order valence-electron chi connectivity index (χ1n) is 8.73. The lowest BCUT2D eigenvalue weighted by Gasteiger charge is -2.09. The third-order valence-corrected chi connectivity index (χ3v) is 3.90. The van der Waals surface area contributed by atoms with Crippen LogP contribution in [0.25, 0.3) is 0 Å². The molecule has 0 atom stereocenters. The number of carbonyl (C=O) groups excluding carboxylic acids is 1. The zero-order valence-electron chi connectivity index (χ0n) is 15.0. The van der Waals surface area contributed by atoms with Gasteiger partial charge in [-0.1, -0.05) is 36.6 Å².